The predicted molar refractivity (Wildman–Crippen MR) is 91.6 cm³/mol. The van der Waals surface area contributed by atoms with Crippen LogP contribution in [0.2, 0.25) is 0 Å². The zero-order valence-corrected chi connectivity index (χ0v) is 15.0. The van der Waals surface area contributed by atoms with E-state index in [1.807, 2.05) is 13.8 Å². The normalized spacial score (nSPS) is 12.6. The third-order valence-corrected chi connectivity index (χ3v) is 3.76. The average molecular weight is 354 g/mol. The summed E-state index contributed by atoms with van der Waals surface area (Å²) in [4.78, 5) is 26.2. The molecule has 2 heterocycles. The average Bonchev–Trinajstić information content (AvgIpc) is 2.44. The predicted octanol–water partition coefficient (Wildman–Crippen LogP) is 1.29. The summed E-state index contributed by atoms with van der Waals surface area (Å²) in [5.41, 5.74) is 3.68. The number of aromatic nitrogens is 3. The first-order valence-corrected chi connectivity index (χ1v) is 7.90. The molecule has 0 bridgehead atoms. The van der Waals surface area contributed by atoms with E-state index in [9.17, 15) is 4.79 Å². The van der Waals surface area contributed by atoms with E-state index < -0.39 is 0 Å². The first-order valence-electron chi connectivity index (χ1n) is 7.33. The molecule has 0 saturated heterocycles. The van der Waals surface area contributed by atoms with Crippen molar-refractivity contribution in [1.29, 1.82) is 0 Å². The molecule has 0 amide bonds. The summed E-state index contributed by atoms with van der Waals surface area (Å²) in [6, 6.07) is 1.51. The number of H-pyrrole nitrogens is 1. The first-order chi connectivity index (χ1) is 10.6. The minimum atomic E-state index is -0.148. The summed E-state index contributed by atoms with van der Waals surface area (Å²) < 4.78 is 0. The fraction of sp³-hybridized carbons (Fsp3) is 0.333. The summed E-state index contributed by atoms with van der Waals surface area (Å²) in [6.45, 7) is 14.0. The van der Waals surface area contributed by atoms with E-state index in [-0.39, 0.29) is 10.8 Å². The van der Waals surface area contributed by atoms with Gasteiger partial charge in [-0.05, 0) is 0 Å². The molecule has 4 nitrogen and oxygen atoms in total. The second kappa shape index (κ2) is 6.33. The van der Waals surface area contributed by atoms with E-state index in [2.05, 4.69) is 52.3 Å². The van der Waals surface area contributed by atoms with Gasteiger partial charge in [0.15, 0.2) is 0 Å². The molecule has 0 aliphatic heterocycles. The Labute approximate surface area is 143 Å². The van der Waals surface area contributed by atoms with Crippen molar-refractivity contribution in [3.8, 4) is 11.4 Å². The van der Waals surface area contributed by atoms with Crippen LogP contribution in [0.3, 0.4) is 0 Å². The van der Waals surface area contributed by atoms with Gasteiger partial charge >= 0.3 is 143 Å². The summed E-state index contributed by atoms with van der Waals surface area (Å²) >= 11 is 4.55. The van der Waals surface area contributed by atoms with E-state index in [4.69, 9.17) is 4.98 Å². The molecule has 0 aromatic carbocycles. The molecule has 0 radical (unpaired) electrons. The van der Waals surface area contributed by atoms with Gasteiger partial charge in [-0.2, -0.15) is 0 Å². The van der Waals surface area contributed by atoms with Crippen molar-refractivity contribution in [1.82, 2.24) is 15.0 Å². The molecule has 2 aromatic heterocycles. The van der Waals surface area contributed by atoms with Crippen molar-refractivity contribution >= 4 is 17.6 Å². The van der Waals surface area contributed by atoms with E-state index in [1.54, 1.807) is 6.08 Å². The van der Waals surface area contributed by atoms with Crippen LogP contribution in [0.25, 0.3) is 24.0 Å². The fourth-order valence-electron chi connectivity index (χ4n) is 2.50. The van der Waals surface area contributed by atoms with Gasteiger partial charge in [0.25, 0.3) is 0 Å². The number of nitrogens with zero attached hydrogens (tertiary/aromatic N) is 2. The van der Waals surface area contributed by atoms with Gasteiger partial charge in [-0.15, -0.1) is 0 Å². The summed E-state index contributed by atoms with van der Waals surface area (Å²) in [6.07, 6.45) is 1.67. The maximum atomic E-state index is 12.1. The van der Waals surface area contributed by atoms with Crippen molar-refractivity contribution in [2.75, 3.05) is 0 Å². The Morgan fingerprint density at radius 3 is 2.43 bits per heavy atom. The minimum absolute atomic E-state index is 0.0808. The van der Waals surface area contributed by atoms with Crippen molar-refractivity contribution in [2.24, 2.45) is 0 Å². The van der Waals surface area contributed by atoms with Crippen LogP contribution in [-0.2, 0) is 20.4 Å². The van der Waals surface area contributed by atoms with Crippen LogP contribution in [0, 0.1) is 13.8 Å². The van der Waals surface area contributed by atoms with Gasteiger partial charge < -0.3 is 0 Å². The first kappa shape index (κ1) is 17.5. The Hall–Kier alpha value is -1.87. The zero-order valence-electron chi connectivity index (χ0n) is 14.1. The third kappa shape index (κ3) is 3.56. The second-order valence-corrected chi connectivity index (χ2v) is 6.88. The molecule has 2 rings (SSSR count). The molecule has 0 saturated carbocycles. The number of hydrogen-bond donors (Lipinski definition) is 1. The van der Waals surface area contributed by atoms with Crippen LogP contribution in [-0.4, -0.2) is 19.9 Å². The van der Waals surface area contributed by atoms with Crippen LogP contribution < -0.4 is 16.0 Å². The maximum absolute atomic E-state index is 12.1. The Morgan fingerprint density at radius 2 is 1.87 bits per heavy atom. The van der Waals surface area contributed by atoms with Crippen LogP contribution in [0.15, 0.2) is 10.9 Å². The number of nitrogens with one attached hydrogen (secondary N) is 1. The van der Waals surface area contributed by atoms with Crippen LogP contribution in [0.1, 0.15) is 37.9 Å². The molecule has 0 spiro atoms. The number of rotatable bonds is 2. The Bertz CT molecular complexity index is 936. The van der Waals surface area contributed by atoms with Gasteiger partial charge in [0.1, 0.15) is 0 Å². The number of hydrogen-bond acceptors (Lipinski definition) is 3. The second-order valence-electron chi connectivity index (χ2n) is 6.55. The standard InChI is InChI=1S/C18H21N3O.Ni/c1-8-13-10(2)15(22)9-14(21-13)16-11(3)20-17(12(4)19-16)18(5,6)7;/h1,8-9,21H,2H2,3-7H3;/b13-8+;. The monoisotopic (exact) mass is 353 g/mol. The summed E-state index contributed by atoms with van der Waals surface area (Å²) in [5, 5.41) is 1.01. The Morgan fingerprint density at radius 1 is 1.22 bits per heavy atom. The molecular weight excluding hydrogens is 333 g/mol. The summed E-state index contributed by atoms with van der Waals surface area (Å²) in [7, 11) is 0. The number of aryl methyl sites for hydroxylation is 2. The van der Waals surface area contributed by atoms with Crippen molar-refractivity contribution in [2.45, 2.75) is 40.0 Å². The third-order valence-electron chi connectivity index (χ3n) is 3.60. The Balaban J connectivity index is 2.76. The zero-order chi connectivity index (χ0) is 17.4. The molecule has 0 aliphatic carbocycles. The van der Waals surface area contributed by atoms with Crippen molar-refractivity contribution < 1.29 is 15.0 Å². The van der Waals surface area contributed by atoms with Crippen LogP contribution >= 0.6 is 0 Å². The van der Waals surface area contributed by atoms with Gasteiger partial charge in [0.05, 0.1) is 0 Å². The van der Waals surface area contributed by atoms with Gasteiger partial charge in [-0.1, -0.05) is 0 Å². The molecule has 0 atom stereocenters. The van der Waals surface area contributed by atoms with Gasteiger partial charge in [0.2, 0.25) is 0 Å². The molecule has 0 unspecified atom stereocenters. The molecule has 5 heteroatoms. The van der Waals surface area contributed by atoms with Gasteiger partial charge in [0, 0.05) is 0 Å². The number of pyridine rings is 1. The molecule has 124 valence electrons. The van der Waals surface area contributed by atoms with Crippen molar-refractivity contribution in [3.05, 3.63) is 43.9 Å². The van der Waals surface area contributed by atoms with Crippen LogP contribution in [0.4, 0.5) is 0 Å². The van der Waals surface area contributed by atoms with E-state index in [0.29, 0.717) is 22.0 Å². The van der Waals surface area contributed by atoms with E-state index >= 15 is 0 Å². The van der Waals surface area contributed by atoms with E-state index in [0.717, 1.165) is 17.1 Å². The number of aromatic amines is 1. The Kier molecular flexibility index (Phi) is 4.81. The van der Waals surface area contributed by atoms with Gasteiger partial charge in [-0.3, -0.25) is 0 Å². The molecule has 0 aliphatic rings. The van der Waals surface area contributed by atoms with Crippen molar-refractivity contribution in [3.63, 3.8) is 0 Å². The SMILES string of the molecule is C=c1c(=O)cc(-c2nc(C)c(C(C)(C)C)nc2C)[nH]/c1=C/[CH]=[Ni]. The molecule has 1 N–H and O–H groups in total. The molecule has 23 heavy (non-hydrogen) atoms. The molecule has 0 fully saturated rings. The molecule has 2 aromatic rings. The fourth-order valence-corrected chi connectivity index (χ4v) is 2.66. The van der Waals surface area contributed by atoms with Gasteiger partial charge in [-0.25, -0.2) is 0 Å². The molecular formula is C18H21N3NiO. The van der Waals surface area contributed by atoms with E-state index in [1.165, 1.54) is 11.1 Å². The van der Waals surface area contributed by atoms with Crippen LogP contribution in [0.5, 0.6) is 0 Å². The topological polar surface area (TPSA) is 58.6 Å². The summed E-state index contributed by atoms with van der Waals surface area (Å²) in [5.74, 6) is 0. The quantitative estimate of drug-likeness (QED) is 0.827.